The summed E-state index contributed by atoms with van der Waals surface area (Å²) in [5, 5.41) is 8.50. The first-order valence-electron chi connectivity index (χ1n) is 5.51. The van der Waals surface area contributed by atoms with E-state index in [0.29, 0.717) is 12.4 Å². The van der Waals surface area contributed by atoms with Crippen molar-refractivity contribution in [1.82, 2.24) is 13.9 Å². The highest BCUT2D eigenvalue weighted by atomic mass is 32.2. The maximum atomic E-state index is 12.1. The van der Waals surface area contributed by atoms with Gasteiger partial charge in [0.1, 0.15) is 5.82 Å². The van der Waals surface area contributed by atoms with Gasteiger partial charge in [-0.25, -0.2) is 13.4 Å². The monoisotopic (exact) mass is 275 g/mol. The van der Waals surface area contributed by atoms with Gasteiger partial charge >= 0.3 is 5.97 Å². The molecule has 102 valence electrons. The molecule has 0 spiro atoms. The molecule has 0 atom stereocenters. The summed E-state index contributed by atoms with van der Waals surface area (Å²) in [4.78, 5) is 14.4. The number of aryl methyl sites for hydroxylation is 2. The zero-order chi connectivity index (χ0) is 13.9. The Morgan fingerprint density at radius 3 is 2.61 bits per heavy atom. The van der Waals surface area contributed by atoms with E-state index in [1.165, 1.54) is 13.2 Å². The molecule has 0 aromatic carbocycles. The van der Waals surface area contributed by atoms with Gasteiger partial charge in [0.25, 0.3) is 10.0 Å². The van der Waals surface area contributed by atoms with Crippen LogP contribution in [0.2, 0.25) is 0 Å². The predicted octanol–water partition coefficient (Wildman–Crippen LogP) is 0.307. The third-order valence-electron chi connectivity index (χ3n) is 2.61. The number of rotatable bonds is 6. The maximum Gasteiger partial charge on any atom is 0.304 e. The van der Waals surface area contributed by atoms with E-state index in [4.69, 9.17) is 5.11 Å². The van der Waals surface area contributed by atoms with Crippen LogP contribution in [0.5, 0.6) is 0 Å². The summed E-state index contributed by atoms with van der Waals surface area (Å²) in [5.74, 6) is -0.421. The van der Waals surface area contributed by atoms with Gasteiger partial charge in [-0.1, -0.05) is 0 Å². The Hall–Kier alpha value is -1.41. The molecule has 1 heterocycles. The number of hydrogen-bond acceptors (Lipinski definition) is 4. The second-order valence-corrected chi connectivity index (χ2v) is 5.87. The highest BCUT2D eigenvalue weighted by Crippen LogP contribution is 2.14. The van der Waals surface area contributed by atoms with E-state index in [1.807, 2.05) is 6.92 Å². The maximum absolute atomic E-state index is 12.1. The predicted molar refractivity (Wildman–Crippen MR) is 64.7 cm³/mol. The van der Waals surface area contributed by atoms with Crippen molar-refractivity contribution in [2.75, 3.05) is 13.6 Å². The second-order valence-electron chi connectivity index (χ2n) is 3.88. The summed E-state index contributed by atoms with van der Waals surface area (Å²) in [7, 11) is -2.36. The Bertz CT molecular complexity index is 535. The molecule has 8 heteroatoms. The summed E-state index contributed by atoms with van der Waals surface area (Å²) in [6.45, 7) is 4.17. The molecule has 0 saturated heterocycles. The molecular weight excluding hydrogens is 258 g/mol. The molecule has 1 rings (SSSR count). The largest absolute Gasteiger partial charge is 0.481 e. The van der Waals surface area contributed by atoms with E-state index in [-0.39, 0.29) is 18.0 Å². The standard InChI is InChI=1S/C10H17N3O4S/c1-4-13-7-9(11-8(13)2)18(16,17)12(3)6-5-10(14)15/h7H,4-6H2,1-3H3,(H,14,15). The Morgan fingerprint density at radius 2 is 2.17 bits per heavy atom. The highest BCUT2D eigenvalue weighted by Gasteiger charge is 2.24. The molecular formula is C10H17N3O4S. The number of carboxylic acids is 1. The van der Waals surface area contributed by atoms with Crippen molar-refractivity contribution in [2.45, 2.75) is 31.8 Å². The number of carbonyl (C=O) groups is 1. The van der Waals surface area contributed by atoms with Crippen molar-refractivity contribution in [3.05, 3.63) is 12.0 Å². The number of hydrogen-bond donors (Lipinski definition) is 1. The van der Waals surface area contributed by atoms with Crippen LogP contribution in [0.25, 0.3) is 0 Å². The molecule has 1 aromatic rings. The zero-order valence-electron chi connectivity index (χ0n) is 10.6. The first-order valence-corrected chi connectivity index (χ1v) is 6.95. The molecule has 1 N–H and O–H groups in total. The van der Waals surface area contributed by atoms with Crippen LogP contribution in [-0.4, -0.2) is 46.9 Å². The average Bonchev–Trinajstić information content (AvgIpc) is 2.67. The van der Waals surface area contributed by atoms with Crippen LogP contribution in [0, 0.1) is 6.92 Å². The minimum absolute atomic E-state index is 0.0465. The lowest BCUT2D eigenvalue weighted by atomic mass is 10.4. The van der Waals surface area contributed by atoms with E-state index in [2.05, 4.69) is 4.98 Å². The Kier molecular flexibility index (Phi) is 4.47. The quantitative estimate of drug-likeness (QED) is 0.806. The van der Waals surface area contributed by atoms with Crippen LogP contribution in [0.3, 0.4) is 0 Å². The Labute approximate surface area is 106 Å². The molecule has 0 bridgehead atoms. The van der Waals surface area contributed by atoms with E-state index < -0.39 is 16.0 Å². The summed E-state index contributed by atoms with van der Waals surface area (Å²) < 4.78 is 26.9. The number of aromatic nitrogens is 2. The lowest BCUT2D eigenvalue weighted by molar-refractivity contribution is -0.137. The van der Waals surface area contributed by atoms with Crippen LogP contribution in [-0.2, 0) is 21.4 Å². The number of nitrogens with zero attached hydrogens (tertiary/aromatic N) is 3. The minimum Gasteiger partial charge on any atom is -0.481 e. The van der Waals surface area contributed by atoms with Crippen molar-refractivity contribution in [3.63, 3.8) is 0 Å². The third-order valence-corrected chi connectivity index (χ3v) is 4.34. The highest BCUT2D eigenvalue weighted by molar-refractivity contribution is 7.89. The van der Waals surface area contributed by atoms with Crippen LogP contribution in [0.1, 0.15) is 19.2 Å². The SMILES string of the molecule is CCn1cc(S(=O)(=O)N(C)CCC(=O)O)nc1C. The topological polar surface area (TPSA) is 92.5 Å². The van der Waals surface area contributed by atoms with E-state index in [9.17, 15) is 13.2 Å². The number of imidazole rings is 1. The lowest BCUT2D eigenvalue weighted by Crippen LogP contribution is -2.29. The number of sulfonamides is 1. The van der Waals surface area contributed by atoms with Crippen molar-refractivity contribution in [2.24, 2.45) is 0 Å². The van der Waals surface area contributed by atoms with E-state index in [0.717, 1.165) is 4.31 Å². The third kappa shape index (κ3) is 3.08. The molecule has 0 aliphatic heterocycles. The van der Waals surface area contributed by atoms with Crippen LogP contribution in [0.15, 0.2) is 11.2 Å². The number of carboxylic acid groups (broad SMARTS) is 1. The molecule has 0 amide bonds. The van der Waals surface area contributed by atoms with Gasteiger partial charge in [0.2, 0.25) is 0 Å². The second kappa shape index (κ2) is 5.49. The molecule has 7 nitrogen and oxygen atoms in total. The first kappa shape index (κ1) is 14.7. The fourth-order valence-corrected chi connectivity index (χ4v) is 2.62. The van der Waals surface area contributed by atoms with Gasteiger partial charge in [0.15, 0.2) is 5.03 Å². The average molecular weight is 275 g/mol. The minimum atomic E-state index is -3.71. The molecule has 0 saturated carbocycles. The molecule has 18 heavy (non-hydrogen) atoms. The number of aliphatic carboxylic acids is 1. The van der Waals surface area contributed by atoms with Crippen molar-refractivity contribution < 1.29 is 18.3 Å². The van der Waals surface area contributed by atoms with Gasteiger partial charge in [-0.3, -0.25) is 4.79 Å². The summed E-state index contributed by atoms with van der Waals surface area (Å²) in [5.41, 5.74) is 0. The van der Waals surface area contributed by atoms with Gasteiger partial charge in [-0.15, -0.1) is 0 Å². The summed E-state index contributed by atoms with van der Waals surface area (Å²) >= 11 is 0. The fraction of sp³-hybridized carbons (Fsp3) is 0.600. The molecule has 0 radical (unpaired) electrons. The fourth-order valence-electron chi connectivity index (χ4n) is 1.46. The van der Waals surface area contributed by atoms with Crippen molar-refractivity contribution in [1.29, 1.82) is 0 Å². The van der Waals surface area contributed by atoms with Gasteiger partial charge in [-0.05, 0) is 13.8 Å². The van der Waals surface area contributed by atoms with Crippen LogP contribution < -0.4 is 0 Å². The van der Waals surface area contributed by atoms with E-state index in [1.54, 1.807) is 11.5 Å². The van der Waals surface area contributed by atoms with Gasteiger partial charge in [-0.2, -0.15) is 4.31 Å². The van der Waals surface area contributed by atoms with Gasteiger partial charge < -0.3 is 9.67 Å². The van der Waals surface area contributed by atoms with Gasteiger partial charge in [0.05, 0.1) is 6.42 Å². The van der Waals surface area contributed by atoms with Crippen molar-refractivity contribution >= 4 is 16.0 Å². The van der Waals surface area contributed by atoms with Crippen LogP contribution >= 0.6 is 0 Å². The molecule has 1 aromatic heterocycles. The molecule has 0 fully saturated rings. The lowest BCUT2D eigenvalue weighted by Gasteiger charge is -2.13. The molecule has 0 aliphatic carbocycles. The molecule has 0 aliphatic rings. The summed E-state index contributed by atoms with van der Waals surface area (Å²) in [6, 6.07) is 0. The van der Waals surface area contributed by atoms with Crippen molar-refractivity contribution in [3.8, 4) is 0 Å². The Balaban J connectivity index is 2.94. The smallest absolute Gasteiger partial charge is 0.304 e. The van der Waals surface area contributed by atoms with Gasteiger partial charge in [0, 0.05) is 26.3 Å². The van der Waals surface area contributed by atoms with Crippen LogP contribution in [0.4, 0.5) is 0 Å². The zero-order valence-corrected chi connectivity index (χ0v) is 11.4. The Morgan fingerprint density at radius 1 is 1.56 bits per heavy atom. The first-order chi connectivity index (χ1) is 8.28. The normalized spacial score (nSPS) is 12.0. The van der Waals surface area contributed by atoms with E-state index >= 15 is 0 Å². The summed E-state index contributed by atoms with van der Waals surface area (Å²) in [6.07, 6.45) is 1.23. The molecule has 0 unspecified atom stereocenters.